The van der Waals surface area contributed by atoms with Crippen LogP contribution in [0.15, 0.2) is 30.5 Å². The average molecular weight is 331 g/mol. The van der Waals surface area contributed by atoms with Gasteiger partial charge in [-0.25, -0.2) is 9.09 Å². The Morgan fingerprint density at radius 2 is 2.14 bits per heavy atom. The maximum atomic E-state index is 12.3. The number of likely N-dealkylation sites (N-methyl/N-ethyl adjacent to an activating group) is 1. The molecule has 0 saturated carbocycles. The van der Waals surface area contributed by atoms with E-state index in [9.17, 15) is 4.57 Å². The van der Waals surface area contributed by atoms with E-state index in [1.54, 1.807) is 6.20 Å². The number of phosphoric ester groups is 1. The first-order valence-corrected chi connectivity index (χ1v) is 8.39. The van der Waals surface area contributed by atoms with Crippen molar-refractivity contribution < 1.29 is 30.8 Å². The minimum atomic E-state index is -3.95. The van der Waals surface area contributed by atoms with Crippen LogP contribution in [0, 0.1) is 0 Å². The van der Waals surface area contributed by atoms with Crippen LogP contribution >= 0.6 is 7.82 Å². The Bertz CT molecular complexity index is 857. The Kier molecular flexibility index (Phi) is 2.75. The van der Waals surface area contributed by atoms with E-state index in [0.717, 1.165) is 16.5 Å². The van der Waals surface area contributed by atoms with E-state index < -0.39 is 33.0 Å². The lowest BCUT2D eigenvalue weighted by atomic mass is 10.1. The Balaban J connectivity index is 1.89. The number of rotatable bonds is 6. The summed E-state index contributed by atoms with van der Waals surface area (Å²) in [5.74, 6) is 0. The molecule has 1 aliphatic heterocycles. The van der Waals surface area contributed by atoms with Crippen LogP contribution in [0.5, 0.6) is 0 Å². The van der Waals surface area contributed by atoms with Crippen molar-refractivity contribution in [3.63, 3.8) is 0 Å². The number of hydrogen-bond acceptors (Lipinski definition) is 4. The van der Waals surface area contributed by atoms with Crippen molar-refractivity contribution in [1.82, 2.24) is 4.98 Å². The number of nitrogens with zero attached hydrogens (tertiary/aromatic N) is 1. The summed E-state index contributed by atoms with van der Waals surface area (Å²) >= 11 is 0. The molecule has 0 radical (unpaired) electrons. The highest BCUT2D eigenvalue weighted by Crippen LogP contribution is 2.52. The summed E-state index contributed by atoms with van der Waals surface area (Å²) in [6.07, 6.45) is 1.89. The molecule has 6 nitrogen and oxygen atoms in total. The van der Waals surface area contributed by atoms with Gasteiger partial charge in [-0.15, -0.1) is 0 Å². The molecule has 0 bridgehead atoms. The third kappa shape index (κ3) is 3.59. The van der Waals surface area contributed by atoms with Gasteiger partial charge >= 0.3 is 7.82 Å². The molecule has 1 N–H and O–H groups in total. The van der Waals surface area contributed by atoms with Gasteiger partial charge < -0.3 is 9.47 Å². The van der Waals surface area contributed by atoms with E-state index in [-0.39, 0.29) is 26.2 Å². The van der Waals surface area contributed by atoms with Gasteiger partial charge in [0.1, 0.15) is 0 Å². The molecule has 0 atom stereocenters. The number of fused-ring (bicyclic) bond motifs is 1. The molecule has 22 heavy (non-hydrogen) atoms. The van der Waals surface area contributed by atoms with E-state index >= 15 is 0 Å². The minimum absolute atomic E-state index is 0.0359. The molecular weight excluding hydrogens is 303 g/mol. The molecule has 0 unspecified atom stereocenters. The lowest BCUT2D eigenvalue weighted by Gasteiger charge is -2.29. The highest BCUT2D eigenvalue weighted by molar-refractivity contribution is 7.48. The van der Waals surface area contributed by atoms with Crippen LogP contribution in [0.25, 0.3) is 10.9 Å². The topological polar surface area (TPSA) is 60.6 Å². The van der Waals surface area contributed by atoms with Gasteiger partial charge in [-0.3, -0.25) is 9.05 Å². The van der Waals surface area contributed by atoms with E-state index in [1.165, 1.54) is 0 Å². The molecule has 1 saturated heterocycles. The number of benzene rings is 1. The van der Waals surface area contributed by atoms with E-state index in [0.29, 0.717) is 0 Å². The van der Waals surface area contributed by atoms with Crippen molar-refractivity contribution in [2.75, 3.05) is 40.4 Å². The Morgan fingerprint density at radius 3 is 2.91 bits per heavy atom. The monoisotopic (exact) mass is 331 g/mol. The van der Waals surface area contributed by atoms with Gasteiger partial charge in [0.2, 0.25) is 0 Å². The molecular formula is C15H22N2O4P+. The van der Waals surface area contributed by atoms with Gasteiger partial charge in [0, 0.05) is 23.5 Å². The first kappa shape index (κ1) is 9.85. The van der Waals surface area contributed by atoms with Gasteiger partial charge in [-0.05, 0) is 11.6 Å². The zero-order valence-electron chi connectivity index (χ0n) is 17.9. The zero-order chi connectivity index (χ0) is 20.6. The van der Waals surface area contributed by atoms with Crippen LogP contribution in [-0.4, -0.2) is 49.9 Å². The summed E-state index contributed by atoms with van der Waals surface area (Å²) < 4.78 is 73.3. The minimum Gasteiger partial charge on any atom is -0.361 e. The van der Waals surface area contributed by atoms with Gasteiger partial charge in [-0.2, -0.15) is 0 Å². The summed E-state index contributed by atoms with van der Waals surface area (Å²) in [4.78, 5) is 3.08. The SMILES string of the molecule is [2H]C([2H])([2H])[N+](CCc1c[nH]c2ccccc12)(COP1(=O)OCCO1)C([2H])([2H])[2H]. The van der Waals surface area contributed by atoms with Crippen LogP contribution in [-0.2, 0) is 24.6 Å². The Hall–Kier alpha value is -1.17. The number of aromatic amines is 1. The maximum absolute atomic E-state index is 12.3. The zero-order valence-corrected chi connectivity index (χ0v) is 12.8. The second-order valence-corrected chi connectivity index (χ2v) is 6.84. The molecule has 1 aliphatic rings. The third-order valence-electron chi connectivity index (χ3n) is 3.46. The predicted molar refractivity (Wildman–Crippen MR) is 84.4 cm³/mol. The van der Waals surface area contributed by atoms with Gasteiger partial charge in [-0.1, -0.05) is 18.2 Å². The largest absolute Gasteiger partial charge is 0.479 e. The van der Waals surface area contributed by atoms with Crippen LogP contribution in [0.2, 0.25) is 0 Å². The summed E-state index contributed by atoms with van der Waals surface area (Å²) in [6, 6.07) is 7.45. The van der Waals surface area contributed by atoms with Crippen molar-refractivity contribution in [2.24, 2.45) is 0 Å². The van der Waals surface area contributed by atoms with Crippen LogP contribution in [0.4, 0.5) is 0 Å². The summed E-state index contributed by atoms with van der Waals surface area (Å²) in [6.45, 7) is -6.96. The number of hydrogen-bond donors (Lipinski definition) is 1. The van der Waals surface area contributed by atoms with Gasteiger partial charge in [0.15, 0.2) is 6.73 Å². The van der Waals surface area contributed by atoms with Gasteiger partial charge in [0.25, 0.3) is 0 Å². The number of aromatic nitrogens is 1. The number of phosphoric acid groups is 1. The average Bonchev–Trinajstić information content (AvgIpc) is 3.20. The summed E-state index contributed by atoms with van der Waals surface area (Å²) in [5, 5.41) is 0.882. The lowest BCUT2D eigenvalue weighted by molar-refractivity contribution is -0.906. The van der Waals surface area contributed by atoms with E-state index in [4.69, 9.17) is 21.8 Å². The maximum Gasteiger partial charge on any atom is 0.479 e. The standard InChI is InChI=1S/C15H22N2O4P/c1-17(2,12-21-22(18)19-9-10-20-22)8-7-13-11-16-15-6-4-3-5-14(13)15/h3-6,11,16H,7-10,12H2,1-2H3/q+1/i1D3,2D3. The lowest BCUT2D eigenvalue weighted by Crippen LogP contribution is -2.42. The molecule has 1 fully saturated rings. The van der Waals surface area contributed by atoms with E-state index in [2.05, 4.69) is 4.98 Å². The van der Waals surface area contributed by atoms with E-state index in [1.807, 2.05) is 24.3 Å². The Labute approximate surface area is 138 Å². The highest BCUT2D eigenvalue weighted by atomic mass is 31.2. The van der Waals surface area contributed by atoms with Crippen LogP contribution in [0.3, 0.4) is 0 Å². The molecule has 2 aromatic rings. The van der Waals surface area contributed by atoms with Crippen molar-refractivity contribution in [1.29, 1.82) is 0 Å². The first-order chi connectivity index (χ1) is 13.0. The highest BCUT2D eigenvalue weighted by Gasteiger charge is 2.34. The fraction of sp³-hybridized carbons (Fsp3) is 0.467. The predicted octanol–water partition coefficient (Wildman–Crippen LogP) is 2.92. The molecule has 7 heteroatoms. The molecule has 120 valence electrons. The number of para-hydroxylation sites is 1. The van der Waals surface area contributed by atoms with Crippen molar-refractivity contribution in [3.05, 3.63) is 36.0 Å². The molecule has 0 aliphatic carbocycles. The van der Waals surface area contributed by atoms with Crippen LogP contribution in [0.1, 0.15) is 13.8 Å². The number of quaternary nitrogens is 1. The molecule has 2 heterocycles. The number of nitrogens with one attached hydrogen (secondary N) is 1. The molecule has 0 amide bonds. The van der Waals surface area contributed by atoms with Crippen molar-refractivity contribution in [3.8, 4) is 0 Å². The molecule has 1 aromatic carbocycles. The summed E-state index contributed by atoms with van der Waals surface area (Å²) in [5.41, 5.74) is 1.65. The number of H-pyrrole nitrogens is 1. The fourth-order valence-corrected chi connectivity index (χ4v) is 3.45. The Morgan fingerprint density at radius 1 is 1.36 bits per heavy atom. The van der Waals surface area contributed by atoms with Crippen molar-refractivity contribution >= 4 is 18.7 Å². The van der Waals surface area contributed by atoms with Crippen molar-refractivity contribution in [2.45, 2.75) is 6.42 Å². The molecule has 0 spiro atoms. The second kappa shape index (κ2) is 6.14. The normalized spacial score (nSPS) is 23.3. The third-order valence-corrected chi connectivity index (χ3v) is 4.89. The van der Waals surface area contributed by atoms with Gasteiger partial charge in [0.05, 0.1) is 41.9 Å². The quantitative estimate of drug-likeness (QED) is 0.502. The smallest absolute Gasteiger partial charge is 0.361 e. The second-order valence-electron chi connectivity index (χ2n) is 5.17. The molecule has 1 aromatic heterocycles. The summed E-state index contributed by atoms with van der Waals surface area (Å²) in [7, 11) is -3.95. The molecule has 3 rings (SSSR count). The fourth-order valence-electron chi connectivity index (χ4n) is 2.29. The van der Waals surface area contributed by atoms with Crippen LogP contribution < -0.4 is 0 Å². The first-order valence-electron chi connectivity index (χ1n) is 9.93.